The van der Waals surface area contributed by atoms with E-state index in [-0.39, 0.29) is 6.61 Å². The molecule has 108 valence electrons. The number of imidazole rings is 1. The smallest absolute Gasteiger partial charge is 0.193 e. The highest BCUT2D eigenvalue weighted by Crippen LogP contribution is 2.22. The molecule has 5 nitrogen and oxygen atoms in total. The zero-order valence-corrected chi connectivity index (χ0v) is 12.0. The van der Waals surface area contributed by atoms with E-state index in [0.717, 1.165) is 10.7 Å². The molecule has 3 aromatic rings. The van der Waals surface area contributed by atoms with Crippen molar-refractivity contribution in [1.29, 1.82) is 0 Å². The van der Waals surface area contributed by atoms with Crippen LogP contribution in [0.3, 0.4) is 0 Å². The Bertz CT molecular complexity index is 781. The number of rotatable bonds is 4. The van der Waals surface area contributed by atoms with Crippen LogP contribution in [0.5, 0.6) is 5.75 Å². The average molecular weight is 305 g/mol. The first-order chi connectivity index (χ1) is 10.2. The summed E-state index contributed by atoms with van der Waals surface area (Å²) in [6, 6.07) is 4.08. The summed E-state index contributed by atoms with van der Waals surface area (Å²) < 4.78 is 20.9. The number of halogens is 1. The van der Waals surface area contributed by atoms with Crippen molar-refractivity contribution in [3.8, 4) is 5.75 Å². The zero-order valence-electron chi connectivity index (χ0n) is 11.2. The van der Waals surface area contributed by atoms with Crippen LogP contribution in [-0.4, -0.2) is 20.3 Å². The second-order valence-corrected chi connectivity index (χ2v) is 5.31. The molecule has 0 spiro atoms. The van der Waals surface area contributed by atoms with E-state index in [4.69, 9.17) is 9.94 Å². The highest BCUT2D eigenvalue weighted by molar-refractivity contribution is 7.15. The number of oxime groups is 1. The number of nitrogens with zero attached hydrogens (tertiary/aromatic N) is 3. The van der Waals surface area contributed by atoms with Crippen LogP contribution in [0.25, 0.3) is 4.96 Å². The lowest BCUT2D eigenvalue weighted by Gasteiger charge is -2.09. The van der Waals surface area contributed by atoms with Crippen molar-refractivity contribution in [2.24, 2.45) is 5.16 Å². The van der Waals surface area contributed by atoms with Crippen LogP contribution in [0.2, 0.25) is 0 Å². The molecule has 0 unspecified atom stereocenters. The molecule has 0 aliphatic rings. The van der Waals surface area contributed by atoms with E-state index in [2.05, 4.69) is 10.1 Å². The number of fused-ring (bicyclic) bond motifs is 1. The fourth-order valence-electron chi connectivity index (χ4n) is 1.97. The van der Waals surface area contributed by atoms with Crippen molar-refractivity contribution in [3.05, 3.63) is 53.0 Å². The van der Waals surface area contributed by atoms with Crippen LogP contribution in [0.4, 0.5) is 4.39 Å². The maximum Gasteiger partial charge on any atom is 0.193 e. The third-order valence-corrected chi connectivity index (χ3v) is 3.77. The van der Waals surface area contributed by atoms with Crippen LogP contribution >= 0.6 is 11.3 Å². The second-order valence-electron chi connectivity index (χ2n) is 4.44. The van der Waals surface area contributed by atoms with E-state index in [1.54, 1.807) is 6.92 Å². The van der Waals surface area contributed by atoms with Crippen molar-refractivity contribution < 1.29 is 14.3 Å². The van der Waals surface area contributed by atoms with Crippen LogP contribution in [0.15, 0.2) is 41.1 Å². The van der Waals surface area contributed by atoms with Gasteiger partial charge in [0.15, 0.2) is 4.96 Å². The van der Waals surface area contributed by atoms with E-state index in [1.165, 1.54) is 29.5 Å². The molecule has 0 aliphatic carbocycles. The molecule has 1 N–H and O–H groups in total. The number of hydrogen-bond acceptors (Lipinski definition) is 5. The summed E-state index contributed by atoms with van der Waals surface area (Å²) >= 11 is 1.53. The number of benzene rings is 1. The molecule has 0 amide bonds. The van der Waals surface area contributed by atoms with Gasteiger partial charge in [0.2, 0.25) is 0 Å². The lowest BCUT2D eigenvalue weighted by atomic mass is 10.1. The van der Waals surface area contributed by atoms with Crippen molar-refractivity contribution in [2.75, 3.05) is 0 Å². The van der Waals surface area contributed by atoms with Crippen LogP contribution in [0.1, 0.15) is 18.2 Å². The lowest BCUT2D eigenvalue weighted by molar-refractivity contribution is 0.298. The van der Waals surface area contributed by atoms with Gasteiger partial charge in [0.05, 0.1) is 11.4 Å². The van der Waals surface area contributed by atoms with E-state index in [9.17, 15) is 4.39 Å². The van der Waals surface area contributed by atoms with Gasteiger partial charge in [-0.05, 0) is 19.1 Å². The van der Waals surface area contributed by atoms with Gasteiger partial charge in [-0.2, -0.15) is 0 Å². The molecule has 0 bridgehead atoms. The van der Waals surface area contributed by atoms with Gasteiger partial charge in [-0.25, -0.2) is 9.37 Å². The number of ether oxygens (including phenoxy) is 1. The summed E-state index contributed by atoms with van der Waals surface area (Å²) in [7, 11) is 0. The SMILES string of the molecule is C/C(=N/O)c1ccc(F)cc1OCc1cn2ccsc2n1. The van der Waals surface area contributed by atoms with Gasteiger partial charge < -0.3 is 9.94 Å². The molecule has 0 fully saturated rings. The maximum atomic E-state index is 13.4. The monoisotopic (exact) mass is 305 g/mol. The Labute approximate surface area is 123 Å². The first kappa shape index (κ1) is 13.6. The molecule has 0 atom stereocenters. The van der Waals surface area contributed by atoms with Gasteiger partial charge in [-0.3, -0.25) is 4.40 Å². The Balaban J connectivity index is 1.83. The van der Waals surface area contributed by atoms with Crippen LogP contribution in [0, 0.1) is 5.82 Å². The average Bonchev–Trinajstić information content (AvgIpc) is 3.05. The summed E-state index contributed by atoms with van der Waals surface area (Å²) in [4.78, 5) is 5.26. The summed E-state index contributed by atoms with van der Waals surface area (Å²) in [6.07, 6.45) is 3.77. The first-order valence-electron chi connectivity index (χ1n) is 6.20. The Hall–Kier alpha value is -2.41. The van der Waals surface area contributed by atoms with E-state index in [0.29, 0.717) is 17.0 Å². The van der Waals surface area contributed by atoms with Gasteiger partial charge in [0, 0.05) is 29.4 Å². The highest BCUT2D eigenvalue weighted by atomic mass is 32.1. The molecular formula is C14H12FN3O2S. The van der Waals surface area contributed by atoms with Crippen LogP contribution in [-0.2, 0) is 6.61 Å². The molecule has 0 saturated heterocycles. The van der Waals surface area contributed by atoms with E-state index < -0.39 is 5.82 Å². The van der Waals surface area contributed by atoms with Gasteiger partial charge >= 0.3 is 0 Å². The summed E-state index contributed by atoms with van der Waals surface area (Å²) in [6.45, 7) is 1.83. The van der Waals surface area contributed by atoms with Crippen molar-refractivity contribution >= 4 is 22.0 Å². The predicted molar refractivity (Wildman–Crippen MR) is 77.8 cm³/mol. The first-order valence-corrected chi connectivity index (χ1v) is 7.08. The van der Waals surface area contributed by atoms with Gasteiger partial charge in [-0.15, -0.1) is 11.3 Å². The second kappa shape index (κ2) is 5.53. The van der Waals surface area contributed by atoms with Crippen molar-refractivity contribution in [3.63, 3.8) is 0 Å². The number of hydrogen-bond donors (Lipinski definition) is 1. The minimum atomic E-state index is -0.412. The molecular weight excluding hydrogens is 293 g/mol. The Kier molecular flexibility index (Phi) is 3.57. The standard InChI is InChI=1S/C14H12FN3O2S/c1-9(17-19)12-3-2-10(15)6-13(12)20-8-11-7-18-4-5-21-14(18)16-11/h2-7,19H,8H2,1H3/b17-9-. The normalized spacial score (nSPS) is 12.0. The quantitative estimate of drug-likeness (QED) is 0.457. The third-order valence-electron chi connectivity index (χ3n) is 3.00. The third kappa shape index (κ3) is 2.73. The molecule has 3 rings (SSSR count). The largest absolute Gasteiger partial charge is 0.486 e. The number of thiazole rings is 1. The molecule has 21 heavy (non-hydrogen) atoms. The van der Waals surface area contributed by atoms with E-state index >= 15 is 0 Å². The molecule has 2 aromatic heterocycles. The molecule has 0 aliphatic heterocycles. The van der Waals surface area contributed by atoms with Gasteiger partial charge in [0.25, 0.3) is 0 Å². The summed E-state index contributed by atoms with van der Waals surface area (Å²) in [5.74, 6) is -0.0908. The maximum absolute atomic E-state index is 13.4. The van der Waals surface area contributed by atoms with Crippen LogP contribution < -0.4 is 4.74 Å². The minimum Gasteiger partial charge on any atom is -0.486 e. The number of aromatic nitrogens is 2. The molecule has 0 saturated carbocycles. The molecule has 7 heteroatoms. The van der Waals surface area contributed by atoms with E-state index in [1.807, 2.05) is 22.2 Å². The minimum absolute atomic E-state index is 0.212. The fraction of sp³-hybridized carbons (Fsp3) is 0.143. The van der Waals surface area contributed by atoms with Gasteiger partial charge in [0.1, 0.15) is 18.2 Å². The molecule has 1 aromatic carbocycles. The van der Waals surface area contributed by atoms with Gasteiger partial charge in [-0.1, -0.05) is 5.16 Å². The Morgan fingerprint density at radius 2 is 2.38 bits per heavy atom. The highest BCUT2D eigenvalue weighted by Gasteiger charge is 2.10. The fourth-order valence-corrected chi connectivity index (χ4v) is 2.68. The topological polar surface area (TPSA) is 59.1 Å². The molecule has 2 heterocycles. The molecule has 0 radical (unpaired) electrons. The summed E-state index contributed by atoms with van der Waals surface area (Å²) in [5.41, 5.74) is 1.64. The Morgan fingerprint density at radius 1 is 1.52 bits per heavy atom. The van der Waals surface area contributed by atoms with Crippen molar-refractivity contribution in [1.82, 2.24) is 9.38 Å². The lowest BCUT2D eigenvalue weighted by Crippen LogP contribution is -2.03. The Morgan fingerprint density at radius 3 is 3.14 bits per heavy atom. The van der Waals surface area contributed by atoms with Crippen molar-refractivity contribution in [2.45, 2.75) is 13.5 Å². The predicted octanol–water partition coefficient (Wildman–Crippen LogP) is 3.31. The zero-order chi connectivity index (χ0) is 14.8. The summed E-state index contributed by atoms with van der Waals surface area (Å²) in [5, 5.41) is 13.9.